The Hall–Kier alpha value is -0.917. The molecule has 27 heavy (non-hydrogen) atoms. The molecule has 1 aromatic heterocycles. The maximum Gasteiger partial charge on any atom is -1.00 e. The van der Waals surface area contributed by atoms with Crippen LogP contribution in [0.3, 0.4) is 0 Å². The van der Waals surface area contributed by atoms with Gasteiger partial charge in [0, 0.05) is 0 Å². The Kier molecular flexibility index (Phi) is 6.64. The number of benzene rings is 2. The molecule has 4 heteroatoms. The number of rotatable bonds is 3. The molecule has 0 spiro atoms. The number of hydrogen-bond acceptors (Lipinski definition) is 1. The molecule has 0 N–H and O–H groups in total. The fraction of sp³-hybridized carbons (Fsp3) is 0.130. The van der Waals surface area contributed by atoms with E-state index >= 15 is 0 Å². The SMILES string of the molecule is CC1C=CC(c2ccsc2)=[C]1[Zr+2][CH]1c2ccccc2-c2ccccc21.[Cl-].[Cl-]. The first-order valence-corrected chi connectivity index (χ1v) is 12.3. The molecule has 0 saturated carbocycles. The van der Waals surface area contributed by atoms with Gasteiger partial charge in [0.2, 0.25) is 0 Å². The smallest absolute Gasteiger partial charge is 1.00 e. The summed E-state index contributed by atoms with van der Waals surface area (Å²) in [6.07, 6.45) is 4.77. The number of allylic oxidation sites excluding steroid dienone is 4. The summed E-state index contributed by atoms with van der Waals surface area (Å²) in [7, 11) is 0. The first-order chi connectivity index (χ1) is 12.3. The fourth-order valence-corrected chi connectivity index (χ4v) is 9.26. The van der Waals surface area contributed by atoms with E-state index in [9.17, 15) is 0 Å². The molecule has 134 valence electrons. The minimum atomic E-state index is -0.796. The molecule has 0 amide bonds. The minimum absolute atomic E-state index is 0. The predicted molar refractivity (Wildman–Crippen MR) is 103 cm³/mol. The zero-order chi connectivity index (χ0) is 16.8. The average molecular weight is 489 g/mol. The van der Waals surface area contributed by atoms with Crippen molar-refractivity contribution in [3.63, 3.8) is 0 Å². The topological polar surface area (TPSA) is 0 Å². The summed E-state index contributed by atoms with van der Waals surface area (Å²) in [5.41, 5.74) is 8.97. The summed E-state index contributed by atoms with van der Waals surface area (Å²) in [5, 5.41) is 4.50. The van der Waals surface area contributed by atoms with Gasteiger partial charge >= 0.3 is 165 Å². The summed E-state index contributed by atoms with van der Waals surface area (Å²) >= 11 is 1.00. The van der Waals surface area contributed by atoms with Gasteiger partial charge in [0.15, 0.2) is 0 Å². The molecule has 0 aliphatic heterocycles. The van der Waals surface area contributed by atoms with Gasteiger partial charge in [-0.15, -0.1) is 0 Å². The quantitative estimate of drug-likeness (QED) is 0.505. The summed E-state index contributed by atoms with van der Waals surface area (Å²) in [6, 6.07) is 20.4. The average Bonchev–Trinajstić information content (AvgIpc) is 3.36. The van der Waals surface area contributed by atoms with Crippen molar-refractivity contribution < 1.29 is 48.0 Å². The third kappa shape index (κ3) is 3.58. The van der Waals surface area contributed by atoms with E-state index in [4.69, 9.17) is 0 Å². The van der Waals surface area contributed by atoms with E-state index in [1.54, 1.807) is 25.7 Å². The molecular weight excluding hydrogens is 470 g/mol. The molecule has 2 aromatic carbocycles. The van der Waals surface area contributed by atoms with Crippen molar-refractivity contribution in [2.24, 2.45) is 5.92 Å². The predicted octanol–water partition coefficient (Wildman–Crippen LogP) is 0.526. The van der Waals surface area contributed by atoms with Crippen LogP contribution in [0.1, 0.15) is 27.2 Å². The van der Waals surface area contributed by atoms with E-state index in [0.717, 1.165) is 0 Å². The molecule has 2 aliphatic rings. The Balaban J connectivity index is 0.00000105. The van der Waals surface area contributed by atoms with Crippen molar-refractivity contribution in [3.8, 4) is 11.1 Å². The van der Waals surface area contributed by atoms with Gasteiger partial charge in [-0.25, -0.2) is 0 Å². The largest absolute Gasteiger partial charge is 1.00 e. The van der Waals surface area contributed by atoms with Crippen LogP contribution in [-0.2, 0) is 23.2 Å². The van der Waals surface area contributed by atoms with E-state index in [1.165, 1.54) is 22.3 Å². The van der Waals surface area contributed by atoms with Crippen LogP contribution in [0.2, 0.25) is 0 Å². The molecule has 1 unspecified atom stereocenters. The molecule has 0 fully saturated rings. The molecule has 1 atom stereocenters. The maximum absolute atomic E-state index is 2.40. The molecule has 0 nitrogen and oxygen atoms in total. The van der Waals surface area contributed by atoms with Gasteiger partial charge in [-0.2, -0.15) is 0 Å². The fourth-order valence-electron chi connectivity index (χ4n) is 4.02. The monoisotopic (exact) mass is 486 g/mol. The molecule has 0 bridgehead atoms. The molecule has 3 aromatic rings. The Labute approximate surface area is 188 Å². The van der Waals surface area contributed by atoms with Crippen LogP contribution >= 0.6 is 11.3 Å². The molecule has 0 radical (unpaired) electrons. The summed E-state index contributed by atoms with van der Waals surface area (Å²) in [6.45, 7) is 2.37. The van der Waals surface area contributed by atoms with Crippen molar-refractivity contribution in [2.45, 2.75) is 10.5 Å². The maximum atomic E-state index is 2.40. The summed E-state index contributed by atoms with van der Waals surface area (Å²) in [5.74, 6) is 0.599. The van der Waals surface area contributed by atoms with Crippen LogP contribution in [0.4, 0.5) is 0 Å². The second-order valence-electron chi connectivity index (χ2n) is 6.74. The van der Waals surface area contributed by atoms with E-state index in [2.05, 4.69) is 84.4 Å². The van der Waals surface area contributed by atoms with Gasteiger partial charge in [0.1, 0.15) is 0 Å². The first-order valence-electron chi connectivity index (χ1n) is 8.72. The molecule has 0 saturated heterocycles. The number of hydrogen-bond donors (Lipinski definition) is 0. The first kappa shape index (κ1) is 20.8. The van der Waals surface area contributed by atoms with Crippen LogP contribution in [0, 0.1) is 5.92 Å². The Morgan fingerprint density at radius 3 is 2.07 bits per heavy atom. The summed E-state index contributed by atoms with van der Waals surface area (Å²) in [4.78, 5) is 0. The molecule has 1 heterocycles. The summed E-state index contributed by atoms with van der Waals surface area (Å²) < 4.78 is 2.39. The normalized spacial score (nSPS) is 17.0. The zero-order valence-corrected chi connectivity index (χ0v) is 19.6. The van der Waals surface area contributed by atoms with Gasteiger partial charge in [-0.1, -0.05) is 0 Å². The van der Waals surface area contributed by atoms with Gasteiger partial charge in [0.05, 0.1) is 0 Å². The Morgan fingerprint density at radius 1 is 0.852 bits per heavy atom. The van der Waals surface area contributed by atoms with Crippen molar-refractivity contribution in [1.29, 1.82) is 0 Å². The van der Waals surface area contributed by atoms with Crippen LogP contribution < -0.4 is 24.8 Å². The molecular formula is C23H18Cl2SZr. The van der Waals surface area contributed by atoms with Crippen LogP contribution in [0.5, 0.6) is 0 Å². The Bertz CT molecular complexity index is 959. The van der Waals surface area contributed by atoms with Gasteiger partial charge < -0.3 is 24.8 Å². The zero-order valence-electron chi connectivity index (χ0n) is 14.8. The van der Waals surface area contributed by atoms with E-state index in [1.807, 2.05) is 0 Å². The van der Waals surface area contributed by atoms with Crippen LogP contribution in [0.25, 0.3) is 16.7 Å². The Morgan fingerprint density at radius 2 is 1.48 bits per heavy atom. The van der Waals surface area contributed by atoms with E-state index < -0.39 is 23.2 Å². The second-order valence-corrected chi connectivity index (χ2v) is 11.0. The van der Waals surface area contributed by atoms with Gasteiger partial charge in [0.25, 0.3) is 0 Å². The van der Waals surface area contributed by atoms with Gasteiger partial charge in [-0.3, -0.25) is 0 Å². The van der Waals surface area contributed by atoms with Crippen molar-refractivity contribution in [3.05, 3.63) is 97.5 Å². The third-order valence-electron chi connectivity index (χ3n) is 5.26. The second kappa shape index (κ2) is 8.62. The van der Waals surface area contributed by atoms with Crippen LogP contribution in [-0.4, -0.2) is 0 Å². The van der Waals surface area contributed by atoms with Crippen molar-refractivity contribution in [1.82, 2.24) is 0 Å². The standard InChI is InChI=1S/C13H9.C10H9S.2ClH.Zr/c1-3-7-12-10(5-1)9-11-6-2-4-8-13(11)12;1-8-2-3-9(6-8)10-4-5-11-7-10;;;/h1-9H;2-5,7-8H,1H3;2*1H;/q;;;;+2/p-2. The van der Waals surface area contributed by atoms with Crippen molar-refractivity contribution in [2.75, 3.05) is 0 Å². The van der Waals surface area contributed by atoms with Gasteiger partial charge in [-0.05, 0) is 0 Å². The molecule has 5 rings (SSSR count). The molecule has 2 aliphatic carbocycles. The van der Waals surface area contributed by atoms with E-state index in [-0.39, 0.29) is 24.8 Å². The number of fused-ring (bicyclic) bond motifs is 3. The third-order valence-corrected chi connectivity index (χ3v) is 10.7. The van der Waals surface area contributed by atoms with Crippen LogP contribution in [0.15, 0.2) is 80.8 Å². The number of thiophene rings is 1. The number of halogens is 2. The minimum Gasteiger partial charge on any atom is -1.00 e. The van der Waals surface area contributed by atoms with Crippen molar-refractivity contribution >= 4 is 16.9 Å². The van der Waals surface area contributed by atoms with E-state index in [0.29, 0.717) is 9.54 Å².